The first-order valence-electron chi connectivity index (χ1n) is 4.87. The average molecular weight is 190 g/mol. The smallest absolute Gasteiger partial charge is 0.114 e. The highest BCUT2D eigenvalue weighted by Crippen LogP contribution is 2.10. The van der Waals surface area contributed by atoms with Crippen LogP contribution in [0, 0.1) is 0 Å². The molecule has 0 aliphatic carbocycles. The highest BCUT2D eigenvalue weighted by atomic mass is 16.5. The largest absolute Gasteiger partial charge is 0.499 e. The Morgan fingerprint density at radius 3 is 2.86 bits per heavy atom. The molecule has 0 amide bonds. The maximum Gasteiger partial charge on any atom is 0.114 e. The summed E-state index contributed by atoms with van der Waals surface area (Å²) in [5.74, 6) is 0. The second kappa shape index (κ2) is 4.82. The summed E-state index contributed by atoms with van der Waals surface area (Å²) in [5, 5.41) is 0. The summed E-state index contributed by atoms with van der Waals surface area (Å²) in [4.78, 5) is 0. The summed E-state index contributed by atoms with van der Waals surface area (Å²) in [6.45, 7) is 1.34. The third-order valence-corrected chi connectivity index (χ3v) is 2.20. The third kappa shape index (κ3) is 2.60. The maximum absolute atomic E-state index is 5.69. The van der Waals surface area contributed by atoms with E-state index in [1.54, 1.807) is 6.26 Å². The van der Waals surface area contributed by atoms with E-state index in [4.69, 9.17) is 9.47 Å². The van der Waals surface area contributed by atoms with Crippen LogP contribution in [-0.4, -0.2) is 12.7 Å². The molecule has 0 aromatic heterocycles. The highest BCUT2D eigenvalue weighted by Gasteiger charge is 2.10. The minimum Gasteiger partial charge on any atom is -0.499 e. The normalized spacial score (nSPS) is 20.4. The first-order chi connectivity index (χ1) is 6.95. The second-order valence-electron chi connectivity index (χ2n) is 3.36. The van der Waals surface area contributed by atoms with E-state index in [0.717, 1.165) is 6.42 Å². The minimum atomic E-state index is 0.209. The molecule has 1 aromatic carbocycles. The quantitative estimate of drug-likeness (QED) is 0.729. The SMILES string of the molecule is C1=COC[C@H](OCc2ccccc2)C1. The van der Waals surface area contributed by atoms with Crippen molar-refractivity contribution < 1.29 is 9.47 Å². The first-order valence-corrected chi connectivity index (χ1v) is 4.87. The molecule has 0 bridgehead atoms. The molecule has 0 saturated carbocycles. The molecule has 2 heteroatoms. The van der Waals surface area contributed by atoms with Crippen molar-refractivity contribution in [3.63, 3.8) is 0 Å². The van der Waals surface area contributed by atoms with Gasteiger partial charge in [-0.1, -0.05) is 30.3 Å². The Hall–Kier alpha value is -1.28. The van der Waals surface area contributed by atoms with Crippen molar-refractivity contribution in [2.45, 2.75) is 19.1 Å². The minimum absolute atomic E-state index is 0.209. The summed E-state index contributed by atoms with van der Waals surface area (Å²) in [5.41, 5.74) is 1.21. The monoisotopic (exact) mass is 190 g/mol. The van der Waals surface area contributed by atoms with Crippen LogP contribution in [0.2, 0.25) is 0 Å². The molecule has 0 unspecified atom stereocenters. The number of hydrogen-bond donors (Lipinski definition) is 0. The van der Waals surface area contributed by atoms with Crippen LogP contribution < -0.4 is 0 Å². The Bertz CT molecular complexity index is 292. The fourth-order valence-electron chi connectivity index (χ4n) is 1.41. The Balaban J connectivity index is 1.80. The number of ether oxygens (including phenoxy) is 2. The fraction of sp³-hybridized carbons (Fsp3) is 0.333. The molecule has 2 nitrogen and oxygen atoms in total. The van der Waals surface area contributed by atoms with Gasteiger partial charge in [-0.05, 0) is 18.1 Å². The van der Waals surface area contributed by atoms with Gasteiger partial charge < -0.3 is 9.47 Å². The van der Waals surface area contributed by atoms with Gasteiger partial charge in [0.25, 0.3) is 0 Å². The van der Waals surface area contributed by atoms with Gasteiger partial charge in [0.05, 0.1) is 19.0 Å². The topological polar surface area (TPSA) is 18.5 Å². The predicted octanol–water partition coefficient (Wildman–Crippen LogP) is 2.51. The molecular weight excluding hydrogens is 176 g/mol. The fourth-order valence-corrected chi connectivity index (χ4v) is 1.41. The maximum atomic E-state index is 5.69. The Labute approximate surface area is 84.2 Å². The lowest BCUT2D eigenvalue weighted by Gasteiger charge is -2.18. The van der Waals surface area contributed by atoms with Gasteiger partial charge in [0, 0.05) is 0 Å². The van der Waals surface area contributed by atoms with Gasteiger partial charge in [-0.25, -0.2) is 0 Å². The van der Waals surface area contributed by atoms with Crippen LogP contribution in [0.5, 0.6) is 0 Å². The highest BCUT2D eigenvalue weighted by molar-refractivity contribution is 5.13. The van der Waals surface area contributed by atoms with Gasteiger partial charge in [-0.2, -0.15) is 0 Å². The summed E-state index contributed by atoms with van der Waals surface area (Å²) >= 11 is 0. The lowest BCUT2D eigenvalue weighted by Crippen LogP contribution is -2.20. The van der Waals surface area contributed by atoms with E-state index >= 15 is 0 Å². The van der Waals surface area contributed by atoms with Crippen molar-refractivity contribution in [3.8, 4) is 0 Å². The van der Waals surface area contributed by atoms with Crippen molar-refractivity contribution in [1.82, 2.24) is 0 Å². The molecule has 1 heterocycles. The van der Waals surface area contributed by atoms with Gasteiger partial charge in [0.15, 0.2) is 0 Å². The molecule has 1 aliphatic heterocycles. The summed E-state index contributed by atoms with van der Waals surface area (Å²) < 4.78 is 10.9. The Morgan fingerprint density at radius 2 is 2.14 bits per heavy atom. The lowest BCUT2D eigenvalue weighted by atomic mass is 10.2. The summed E-state index contributed by atoms with van der Waals surface area (Å²) in [7, 11) is 0. The van der Waals surface area contributed by atoms with E-state index in [0.29, 0.717) is 13.2 Å². The van der Waals surface area contributed by atoms with Crippen molar-refractivity contribution in [3.05, 3.63) is 48.2 Å². The van der Waals surface area contributed by atoms with Gasteiger partial charge in [0.1, 0.15) is 6.61 Å². The van der Waals surface area contributed by atoms with Gasteiger partial charge in [-0.3, -0.25) is 0 Å². The number of benzene rings is 1. The standard InChI is InChI=1S/C12H14O2/c1-2-5-11(6-3-1)9-14-12-7-4-8-13-10-12/h1-6,8,12H,7,9-10H2/t12-/m1/s1. The Kier molecular flexibility index (Phi) is 3.19. The van der Waals surface area contributed by atoms with E-state index in [1.807, 2.05) is 24.3 Å². The van der Waals surface area contributed by atoms with Crippen molar-refractivity contribution in [2.75, 3.05) is 6.61 Å². The molecule has 2 rings (SSSR count). The molecule has 1 aromatic rings. The van der Waals surface area contributed by atoms with Crippen LogP contribution in [0.1, 0.15) is 12.0 Å². The lowest BCUT2D eigenvalue weighted by molar-refractivity contribution is -0.00796. The molecule has 1 aliphatic rings. The van der Waals surface area contributed by atoms with Gasteiger partial charge >= 0.3 is 0 Å². The zero-order valence-electron chi connectivity index (χ0n) is 8.06. The molecule has 0 fully saturated rings. The van der Waals surface area contributed by atoms with Crippen LogP contribution in [-0.2, 0) is 16.1 Å². The van der Waals surface area contributed by atoms with E-state index in [9.17, 15) is 0 Å². The molecule has 0 spiro atoms. The zero-order valence-corrected chi connectivity index (χ0v) is 8.06. The molecule has 0 saturated heterocycles. The molecule has 0 N–H and O–H groups in total. The van der Waals surface area contributed by atoms with Crippen LogP contribution in [0.3, 0.4) is 0 Å². The van der Waals surface area contributed by atoms with Crippen LogP contribution in [0.15, 0.2) is 42.7 Å². The summed E-state index contributed by atoms with van der Waals surface area (Å²) in [6, 6.07) is 10.2. The second-order valence-corrected chi connectivity index (χ2v) is 3.36. The first kappa shape index (κ1) is 9.28. The van der Waals surface area contributed by atoms with Crippen molar-refractivity contribution in [1.29, 1.82) is 0 Å². The van der Waals surface area contributed by atoms with Crippen LogP contribution in [0.25, 0.3) is 0 Å². The van der Waals surface area contributed by atoms with Gasteiger partial charge in [-0.15, -0.1) is 0 Å². The molecular formula is C12H14O2. The Morgan fingerprint density at radius 1 is 1.29 bits per heavy atom. The molecule has 74 valence electrons. The number of hydrogen-bond acceptors (Lipinski definition) is 2. The van der Waals surface area contributed by atoms with E-state index in [1.165, 1.54) is 5.56 Å². The third-order valence-electron chi connectivity index (χ3n) is 2.20. The van der Waals surface area contributed by atoms with Crippen LogP contribution in [0.4, 0.5) is 0 Å². The molecule has 14 heavy (non-hydrogen) atoms. The predicted molar refractivity (Wildman–Crippen MR) is 54.7 cm³/mol. The van der Waals surface area contributed by atoms with Crippen molar-refractivity contribution in [2.24, 2.45) is 0 Å². The average Bonchev–Trinajstić information content (AvgIpc) is 2.29. The van der Waals surface area contributed by atoms with E-state index < -0.39 is 0 Å². The van der Waals surface area contributed by atoms with E-state index in [2.05, 4.69) is 12.1 Å². The molecule has 1 atom stereocenters. The van der Waals surface area contributed by atoms with Crippen LogP contribution >= 0.6 is 0 Å². The van der Waals surface area contributed by atoms with E-state index in [-0.39, 0.29) is 6.10 Å². The van der Waals surface area contributed by atoms with Crippen molar-refractivity contribution >= 4 is 0 Å². The zero-order chi connectivity index (χ0) is 9.64. The molecule has 0 radical (unpaired) electrons. The summed E-state index contributed by atoms with van der Waals surface area (Å²) in [6.07, 6.45) is 4.90. The number of rotatable bonds is 3. The van der Waals surface area contributed by atoms with Gasteiger partial charge in [0.2, 0.25) is 0 Å².